The van der Waals surface area contributed by atoms with Crippen molar-refractivity contribution in [2.75, 3.05) is 65.0 Å². The Morgan fingerprint density at radius 3 is 2.65 bits per heavy atom. The van der Waals surface area contributed by atoms with Crippen molar-refractivity contribution in [3.63, 3.8) is 0 Å². The van der Waals surface area contributed by atoms with E-state index in [1.54, 1.807) is 13.4 Å². The fourth-order valence-electron chi connectivity index (χ4n) is 4.34. The quantitative estimate of drug-likeness (QED) is 0.305. The molecule has 0 radical (unpaired) electrons. The second kappa shape index (κ2) is 9.57. The van der Waals surface area contributed by atoms with Crippen LogP contribution in [0.15, 0.2) is 30.6 Å². The summed E-state index contributed by atoms with van der Waals surface area (Å²) in [7, 11) is 3.81. The predicted octanol–water partition coefficient (Wildman–Crippen LogP) is 3.10. The number of nitrogens with two attached hydrogens (primary N) is 2. The molecule has 178 valence electrons. The number of thiazole rings is 1. The summed E-state index contributed by atoms with van der Waals surface area (Å²) >= 11 is 1.40. The number of anilines is 2. The molecular weight excluding hydrogens is 450 g/mol. The summed E-state index contributed by atoms with van der Waals surface area (Å²) in [6.45, 7) is 6.09. The number of rotatable bonds is 7. The van der Waals surface area contributed by atoms with Crippen molar-refractivity contribution < 1.29 is 9.47 Å². The number of piperazine rings is 1. The lowest BCUT2D eigenvalue weighted by atomic mass is 10.0. The van der Waals surface area contributed by atoms with Crippen molar-refractivity contribution in [1.29, 1.82) is 0 Å². The van der Waals surface area contributed by atoms with E-state index in [1.165, 1.54) is 11.3 Å². The van der Waals surface area contributed by atoms with Crippen molar-refractivity contribution in [3.8, 4) is 22.8 Å². The molecule has 1 aliphatic heterocycles. The number of hydrogen-bond acceptors (Lipinski definition) is 10. The van der Waals surface area contributed by atoms with Crippen LogP contribution in [0.4, 0.5) is 10.8 Å². The summed E-state index contributed by atoms with van der Waals surface area (Å²) in [6.07, 6.45) is 2.50. The van der Waals surface area contributed by atoms with Gasteiger partial charge in [0.2, 0.25) is 0 Å². The molecule has 0 aliphatic carbocycles. The van der Waals surface area contributed by atoms with Crippen LogP contribution in [0, 0.1) is 0 Å². The Morgan fingerprint density at radius 2 is 1.85 bits per heavy atom. The van der Waals surface area contributed by atoms with Crippen molar-refractivity contribution in [3.05, 3.63) is 30.6 Å². The van der Waals surface area contributed by atoms with E-state index in [1.807, 2.05) is 24.3 Å². The number of ether oxygens (including phenoxy) is 2. The van der Waals surface area contributed by atoms with Gasteiger partial charge in [0.1, 0.15) is 6.33 Å². The summed E-state index contributed by atoms with van der Waals surface area (Å²) < 4.78 is 12.7. The van der Waals surface area contributed by atoms with E-state index in [0.29, 0.717) is 28.9 Å². The van der Waals surface area contributed by atoms with E-state index in [9.17, 15) is 0 Å². The van der Waals surface area contributed by atoms with Crippen molar-refractivity contribution in [2.24, 2.45) is 0 Å². The average Bonchev–Trinajstić information content (AvgIpc) is 3.21. The molecule has 0 atom stereocenters. The largest absolute Gasteiger partial charge is 0.493 e. The Morgan fingerprint density at radius 1 is 1.03 bits per heavy atom. The first-order chi connectivity index (χ1) is 16.5. The molecule has 2 aromatic heterocycles. The Labute approximate surface area is 202 Å². The summed E-state index contributed by atoms with van der Waals surface area (Å²) in [5.74, 6) is 1.31. The van der Waals surface area contributed by atoms with Crippen molar-refractivity contribution in [2.45, 2.75) is 6.42 Å². The molecule has 0 amide bonds. The summed E-state index contributed by atoms with van der Waals surface area (Å²) in [4.78, 5) is 18.4. The Bertz CT molecular complexity index is 1320. The van der Waals surface area contributed by atoms with Crippen molar-refractivity contribution >= 4 is 43.3 Å². The minimum atomic E-state index is 0.491. The molecule has 0 unspecified atom stereocenters. The highest BCUT2D eigenvalue weighted by atomic mass is 32.1. The second-order valence-corrected chi connectivity index (χ2v) is 9.62. The van der Waals surface area contributed by atoms with E-state index in [4.69, 9.17) is 20.9 Å². The zero-order chi connectivity index (χ0) is 23.7. The maximum atomic E-state index is 6.17. The normalized spacial score (nSPS) is 15.2. The van der Waals surface area contributed by atoms with E-state index >= 15 is 0 Å². The van der Waals surface area contributed by atoms with Gasteiger partial charge in [-0.25, -0.2) is 15.0 Å². The fourth-order valence-corrected chi connectivity index (χ4v) is 5.15. The molecule has 1 saturated heterocycles. The molecule has 2 aromatic carbocycles. The maximum absolute atomic E-state index is 6.17. The number of fused-ring (bicyclic) bond motifs is 2. The van der Waals surface area contributed by atoms with E-state index in [2.05, 4.69) is 31.8 Å². The molecule has 0 saturated carbocycles. The Balaban J connectivity index is 1.41. The summed E-state index contributed by atoms with van der Waals surface area (Å²) in [5.41, 5.74) is 15.9. The van der Waals surface area contributed by atoms with Gasteiger partial charge >= 0.3 is 0 Å². The van der Waals surface area contributed by atoms with E-state index in [-0.39, 0.29) is 0 Å². The number of nitrogen functional groups attached to an aromatic ring is 2. The van der Waals surface area contributed by atoms with Gasteiger partial charge < -0.3 is 30.7 Å². The average molecular weight is 480 g/mol. The van der Waals surface area contributed by atoms with Gasteiger partial charge in [-0.15, -0.1) is 0 Å². The zero-order valence-electron chi connectivity index (χ0n) is 19.5. The molecule has 4 N–H and O–H groups in total. The lowest BCUT2D eigenvalue weighted by Gasteiger charge is -2.32. The third-order valence-corrected chi connectivity index (χ3v) is 7.01. The van der Waals surface area contributed by atoms with Gasteiger partial charge in [0.25, 0.3) is 0 Å². The Hall–Kier alpha value is -3.21. The van der Waals surface area contributed by atoms with Crippen LogP contribution in [0.1, 0.15) is 6.42 Å². The summed E-state index contributed by atoms with van der Waals surface area (Å²) in [6, 6.07) is 7.59. The zero-order valence-corrected chi connectivity index (χ0v) is 20.3. The van der Waals surface area contributed by atoms with Crippen LogP contribution >= 0.6 is 11.3 Å². The fraction of sp³-hybridized carbons (Fsp3) is 0.375. The van der Waals surface area contributed by atoms with E-state index in [0.717, 1.165) is 71.5 Å². The predicted molar refractivity (Wildman–Crippen MR) is 138 cm³/mol. The van der Waals surface area contributed by atoms with Crippen molar-refractivity contribution in [1.82, 2.24) is 24.8 Å². The Kier molecular flexibility index (Phi) is 6.36. The van der Waals surface area contributed by atoms with Gasteiger partial charge in [0, 0.05) is 55.4 Å². The maximum Gasteiger partial charge on any atom is 0.181 e. The van der Waals surface area contributed by atoms with Gasteiger partial charge in [-0.1, -0.05) is 11.3 Å². The lowest BCUT2D eigenvalue weighted by Crippen LogP contribution is -2.44. The number of methoxy groups -OCH3 is 1. The number of benzene rings is 2. The van der Waals surface area contributed by atoms with Crippen LogP contribution < -0.4 is 20.9 Å². The van der Waals surface area contributed by atoms with Crippen LogP contribution in [0.2, 0.25) is 0 Å². The highest BCUT2D eigenvalue weighted by Crippen LogP contribution is 2.39. The third-order valence-electron chi connectivity index (χ3n) is 6.18. The third kappa shape index (κ3) is 4.56. The van der Waals surface area contributed by atoms with Crippen LogP contribution in [0.5, 0.6) is 11.5 Å². The molecule has 5 rings (SSSR count). The molecule has 0 spiro atoms. The molecule has 34 heavy (non-hydrogen) atoms. The lowest BCUT2D eigenvalue weighted by molar-refractivity contribution is 0.145. The van der Waals surface area contributed by atoms with Gasteiger partial charge in [-0.05, 0) is 31.7 Å². The number of nitrogens with zero attached hydrogens (tertiary/aromatic N) is 5. The van der Waals surface area contributed by atoms with Gasteiger partial charge in [0.05, 0.1) is 35.1 Å². The monoisotopic (exact) mass is 479 g/mol. The molecule has 3 heterocycles. The highest BCUT2D eigenvalue weighted by molar-refractivity contribution is 7.22. The van der Waals surface area contributed by atoms with Gasteiger partial charge in [-0.2, -0.15) is 0 Å². The van der Waals surface area contributed by atoms with Crippen LogP contribution in [-0.2, 0) is 0 Å². The van der Waals surface area contributed by atoms with Gasteiger partial charge in [-0.3, -0.25) is 0 Å². The molecule has 0 bridgehead atoms. The first-order valence-electron chi connectivity index (χ1n) is 11.3. The molecule has 1 aliphatic rings. The molecule has 1 fully saturated rings. The molecule has 9 nitrogen and oxygen atoms in total. The van der Waals surface area contributed by atoms with Crippen LogP contribution in [0.25, 0.3) is 32.4 Å². The van der Waals surface area contributed by atoms with Gasteiger partial charge in [0.15, 0.2) is 16.6 Å². The number of hydrogen-bond donors (Lipinski definition) is 2. The minimum absolute atomic E-state index is 0.491. The standard InChI is InChI=1S/C24H29N7O2S/c1-30-5-7-31(8-6-30)4-3-9-33-20-13-18-16(12-19(20)32-2)22(28-14-27-18)17-10-15(25)11-21-23(17)29-24(26)34-21/h10-14H,3-9,25H2,1-2H3,(H2,26,29). The smallest absolute Gasteiger partial charge is 0.181 e. The molecular formula is C24H29N7O2S. The van der Waals surface area contributed by atoms with E-state index < -0.39 is 0 Å². The number of likely N-dealkylation sites (N-methyl/N-ethyl adjacent to an activating group) is 1. The van der Waals surface area contributed by atoms with Crippen LogP contribution in [-0.4, -0.2) is 78.2 Å². The highest BCUT2D eigenvalue weighted by Gasteiger charge is 2.18. The molecule has 4 aromatic rings. The SMILES string of the molecule is COc1cc2c(-c3cc(N)cc4sc(N)nc34)ncnc2cc1OCCCN1CCN(C)CC1. The first kappa shape index (κ1) is 22.6. The van der Waals surface area contributed by atoms with Crippen LogP contribution in [0.3, 0.4) is 0 Å². The second-order valence-electron chi connectivity index (χ2n) is 8.56. The minimum Gasteiger partial charge on any atom is -0.493 e. The topological polar surface area (TPSA) is 116 Å². The number of aromatic nitrogens is 3. The molecule has 10 heteroatoms. The summed E-state index contributed by atoms with van der Waals surface area (Å²) in [5, 5.41) is 1.33. The first-order valence-corrected chi connectivity index (χ1v) is 12.2.